The van der Waals surface area contributed by atoms with Crippen molar-refractivity contribution in [1.82, 2.24) is 19.7 Å². The van der Waals surface area contributed by atoms with Gasteiger partial charge in [-0.3, -0.25) is 4.57 Å². The van der Waals surface area contributed by atoms with Crippen molar-refractivity contribution in [2.24, 2.45) is 5.92 Å². The molecule has 1 aliphatic heterocycles. The quantitative estimate of drug-likeness (QED) is 0.405. The smallest absolute Gasteiger partial charge is 0.416 e. The van der Waals surface area contributed by atoms with E-state index >= 15 is 0 Å². The van der Waals surface area contributed by atoms with Gasteiger partial charge in [0.1, 0.15) is 18.0 Å². The molecule has 0 bridgehead atoms. The Morgan fingerprint density at radius 3 is 2.44 bits per heavy atom. The maximum absolute atomic E-state index is 13.5. The summed E-state index contributed by atoms with van der Waals surface area (Å²) in [7, 11) is 0. The van der Waals surface area contributed by atoms with Crippen molar-refractivity contribution in [1.29, 1.82) is 0 Å². The Labute approximate surface area is 207 Å². The van der Waals surface area contributed by atoms with Crippen LogP contribution in [0.15, 0.2) is 42.6 Å². The van der Waals surface area contributed by atoms with Gasteiger partial charge in [-0.15, -0.1) is 10.2 Å². The van der Waals surface area contributed by atoms with Crippen molar-refractivity contribution < 1.29 is 22.6 Å². The van der Waals surface area contributed by atoms with Gasteiger partial charge < -0.3 is 9.47 Å². The van der Waals surface area contributed by atoms with E-state index in [1.165, 1.54) is 18.9 Å². The summed E-state index contributed by atoms with van der Waals surface area (Å²) < 4.78 is 54.7. The zero-order valence-electron chi connectivity index (χ0n) is 20.0. The van der Waals surface area contributed by atoms with E-state index in [-0.39, 0.29) is 18.1 Å². The first-order chi connectivity index (χ1) is 17.5. The van der Waals surface area contributed by atoms with Crippen molar-refractivity contribution in [3.05, 3.63) is 65.4 Å². The van der Waals surface area contributed by atoms with Crippen molar-refractivity contribution >= 4 is 0 Å². The molecule has 2 aliphatic carbocycles. The van der Waals surface area contributed by atoms with Crippen molar-refractivity contribution in [3.63, 3.8) is 0 Å². The number of ether oxygens (including phenoxy) is 2. The van der Waals surface area contributed by atoms with Crippen LogP contribution < -0.4 is 4.74 Å². The van der Waals surface area contributed by atoms with Crippen molar-refractivity contribution in [2.45, 2.75) is 75.7 Å². The van der Waals surface area contributed by atoms with Gasteiger partial charge in [0.05, 0.1) is 17.9 Å². The Morgan fingerprint density at radius 1 is 0.917 bits per heavy atom. The van der Waals surface area contributed by atoms with Crippen LogP contribution >= 0.6 is 0 Å². The SMILES string of the molecule is FC(F)(F)c1ccc2c(c1)CCC(OCC1CC1)c1nnc([C@H]3CC[C@H](Oc4ccccn4)CC3)n1-2. The molecule has 3 heterocycles. The van der Waals surface area contributed by atoms with Crippen molar-refractivity contribution in [2.75, 3.05) is 6.61 Å². The van der Waals surface area contributed by atoms with Gasteiger partial charge in [-0.2, -0.15) is 13.2 Å². The number of hydrogen-bond donors (Lipinski definition) is 0. The number of alkyl halides is 3. The Kier molecular flexibility index (Phi) is 6.19. The minimum atomic E-state index is -4.38. The summed E-state index contributed by atoms with van der Waals surface area (Å²) in [4.78, 5) is 4.26. The van der Waals surface area contributed by atoms with Gasteiger partial charge in [0.25, 0.3) is 0 Å². The number of hydrogen-bond acceptors (Lipinski definition) is 5. The van der Waals surface area contributed by atoms with Crippen LogP contribution in [0.1, 0.15) is 79.7 Å². The van der Waals surface area contributed by atoms with Gasteiger partial charge in [-0.25, -0.2) is 4.98 Å². The molecule has 2 fully saturated rings. The molecule has 6 nitrogen and oxygen atoms in total. The predicted octanol–water partition coefficient (Wildman–Crippen LogP) is 6.20. The number of benzene rings is 1. The molecule has 1 aromatic carbocycles. The highest BCUT2D eigenvalue weighted by atomic mass is 19.4. The lowest BCUT2D eigenvalue weighted by molar-refractivity contribution is -0.137. The second-order valence-electron chi connectivity index (χ2n) is 10.2. The van der Waals surface area contributed by atoms with Crippen LogP contribution in [0, 0.1) is 5.92 Å². The van der Waals surface area contributed by atoms with Gasteiger partial charge >= 0.3 is 6.18 Å². The zero-order chi connectivity index (χ0) is 24.7. The highest BCUT2D eigenvalue weighted by Crippen LogP contribution is 2.41. The molecule has 9 heteroatoms. The minimum absolute atomic E-state index is 0.0823. The molecule has 0 amide bonds. The second kappa shape index (κ2) is 9.50. The molecule has 0 N–H and O–H groups in total. The van der Waals surface area contributed by atoms with Crippen molar-refractivity contribution in [3.8, 4) is 11.6 Å². The highest BCUT2D eigenvalue weighted by molar-refractivity contribution is 5.47. The molecule has 3 aliphatic rings. The number of rotatable bonds is 6. The third kappa shape index (κ3) is 4.85. The highest BCUT2D eigenvalue weighted by Gasteiger charge is 2.36. The lowest BCUT2D eigenvalue weighted by Gasteiger charge is -2.28. The molecule has 0 saturated heterocycles. The van der Waals surface area contributed by atoms with Gasteiger partial charge in [-0.1, -0.05) is 6.07 Å². The van der Waals surface area contributed by atoms with Gasteiger partial charge in [0.15, 0.2) is 5.82 Å². The monoisotopic (exact) mass is 498 g/mol. The predicted molar refractivity (Wildman–Crippen MR) is 126 cm³/mol. The van der Waals surface area contributed by atoms with E-state index in [0.29, 0.717) is 42.6 Å². The number of pyridine rings is 1. The summed E-state index contributed by atoms with van der Waals surface area (Å²) in [5.41, 5.74) is 0.779. The van der Waals surface area contributed by atoms with Crippen LogP contribution in [0.3, 0.4) is 0 Å². The molecular formula is C27H29F3N4O2. The standard InChI is InChI=1S/C27H29F3N4O2/c28-27(29,30)20-9-12-22-19(15-20)8-13-23(35-16-17-4-5-17)26-33-32-25(34(22)26)18-6-10-21(11-7-18)36-24-3-1-2-14-31-24/h1-3,9,12,14-15,17-18,21,23H,4-8,10-11,13,16H2/t18-,21-,23?. The molecule has 2 saturated carbocycles. The first kappa shape index (κ1) is 23.5. The van der Waals surface area contributed by atoms with E-state index in [1.54, 1.807) is 12.3 Å². The van der Waals surface area contributed by atoms with Crippen LogP contribution in [0.5, 0.6) is 5.88 Å². The summed E-state index contributed by atoms with van der Waals surface area (Å²) >= 11 is 0. The third-order valence-electron chi connectivity index (χ3n) is 7.52. The Bertz CT molecular complexity index is 1200. The normalized spacial score (nSPS) is 24.0. The van der Waals surface area contributed by atoms with Crippen LogP contribution in [-0.4, -0.2) is 32.5 Å². The van der Waals surface area contributed by atoms with E-state index in [0.717, 1.165) is 43.3 Å². The summed E-state index contributed by atoms with van der Waals surface area (Å²) in [6, 6.07) is 9.64. The van der Waals surface area contributed by atoms with E-state index in [1.807, 2.05) is 22.8 Å². The van der Waals surface area contributed by atoms with Gasteiger partial charge in [-0.05, 0) is 87.1 Å². The number of aromatic nitrogens is 4. The largest absolute Gasteiger partial charge is 0.474 e. The number of fused-ring (bicyclic) bond motifs is 3. The van der Waals surface area contributed by atoms with E-state index in [4.69, 9.17) is 9.47 Å². The van der Waals surface area contributed by atoms with E-state index in [9.17, 15) is 13.2 Å². The number of nitrogens with zero attached hydrogens (tertiary/aromatic N) is 4. The average Bonchev–Trinajstić information content (AvgIpc) is 3.63. The fourth-order valence-corrected chi connectivity index (χ4v) is 5.35. The molecular weight excluding hydrogens is 469 g/mol. The van der Waals surface area contributed by atoms with Crippen LogP contribution in [0.25, 0.3) is 5.69 Å². The van der Waals surface area contributed by atoms with Gasteiger partial charge in [0.2, 0.25) is 5.88 Å². The maximum atomic E-state index is 13.5. The molecule has 190 valence electrons. The van der Waals surface area contributed by atoms with Crippen LogP contribution in [0.2, 0.25) is 0 Å². The topological polar surface area (TPSA) is 62.1 Å². The molecule has 3 aromatic rings. The molecule has 6 rings (SSSR count). The Morgan fingerprint density at radius 2 is 1.72 bits per heavy atom. The fraction of sp³-hybridized carbons (Fsp3) is 0.519. The summed E-state index contributed by atoms with van der Waals surface area (Å²) in [5, 5.41) is 9.15. The van der Waals surface area contributed by atoms with E-state index < -0.39 is 11.7 Å². The Hall–Kier alpha value is -2.94. The molecule has 0 spiro atoms. The first-order valence-electron chi connectivity index (χ1n) is 12.8. The molecule has 0 radical (unpaired) electrons. The second-order valence-corrected chi connectivity index (χ2v) is 10.2. The summed E-state index contributed by atoms with van der Waals surface area (Å²) in [6.45, 7) is 0.660. The molecule has 2 aromatic heterocycles. The zero-order valence-corrected chi connectivity index (χ0v) is 20.0. The lowest BCUT2D eigenvalue weighted by Crippen LogP contribution is -2.25. The minimum Gasteiger partial charge on any atom is -0.474 e. The van der Waals surface area contributed by atoms with Crippen LogP contribution in [0.4, 0.5) is 13.2 Å². The maximum Gasteiger partial charge on any atom is 0.416 e. The average molecular weight is 499 g/mol. The number of aryl methyl sites for hydroxylation is 1. The van der Waals surface area contributed by atoms with E-state index in [2.05, 4.69) is 15.2 Å². The lowest BCUT2D eigenvalue weighted by atomic mass is 9.86. The summed E-state index contributed by atoms with van der Waals surface area (Å²) in [5.74, 6) is 2.87. The molecule has 1 atom stereocenters. The third-order valence-corrected chi connectivity index (χ3v) is 7.52. The van der Waals surface area contributed by atoms with Crippen LogP contribution in [-0.2, 0) is 17.3 Å². The Balaban J connectivity index is 1.28. The fourth-order valence-electron chi connectivity index (χ4n) is 5.35. The summed E-state index contributed by atoms with van der Waals surface area (Å²) in [6.07, 6.45) is 3.99. The number of halogens is 3. The van der Waals surface area contributed by atoms with Gasteiger partial charge in [0, 0.05) is 18.2 Å². The molecule has 36 heavy (non-hydrogen) atoms. The molecule has 1 unspecified atom stereocenters. The first-order valence-corrected chi connectivity index (χ1v) is 12.8.